The zero-order valence-corrected chi connectivity index (χ0v) is 10.1. The smallest absolute Gasteiger partial charge is 0.233 e. The molecule has 0 aliphatic rings. The van der Waals surface area contributed by atoms with Gasteiger partial charge in [-0.15, -0.1) is 10.2 Å². The molecule has 0 amide bonds. The van der Waals surface area contributed by atoms with Gasteiger partial charge >= 0.3 is 0 Å². The maximum Gasteiger partial charge on any atom is 0.233 e. The van der Waals surface area contributed by atoms with E-state index in [0.29, 0.717) is 0 Å². The van der Waals surface area contributed by atoms with Crippen LogP contribution in [0.3, 0.4) is 0 Å². The molecule has 0 saturated heterocycles. The van der Waals surface area contributed by atoms with Gasteiger partial charge in [0.2, 0.25) is 5.88 Å². The topological polar surface area (TPSA) is 52.1 Å². The molecule has 6 heteroatoms. The maximum atomic E-state index is 13.4. The summed E-state index contributed by atoms with van der Waals surface area (Å²) in [5.41, 5.74) is 0.0621. The first-order valence-electron chi connectivity index (χ1n) is 5.45. The summed E-state index contributed by atoms with van der Waals surface area (Å²) in [6, 6.07) is 5.87. The Labute approximate surface area is 108 Å². The molecular formula is C13H10F2N2O2. The number of nitrogens with zero attached hydrogens (tertiary/aromatic N) is 2. The monoisotopic (exact) mass is 264 g/mol. The van der Waals surface area contributed by atoms with Gasteiger partial charge in [-0.3, -0.25) is 4.79 Å². The fourth-order valence-corrected chi connectivity index (χ4v) is 1.52. The Balaban J connectivity index is 2.18. The van der Waals surface area contributed by atoms with Gasteiger partial charge in [-0.25, -0.2) is 8.78 Å². The molecule has 0 atom stereocenters. The van der Waals surface area contributed by atoms with Crippen LogP contribution in [0.15, 0.2) is 30.3 Å². The standard InChI is InChI=1S/C13H10F2N2O2/c1-19-13-5-4-11(16-17-13)12(18)7-8-6-9(14)2-3-10(8)15/h2-6H,7H2,1H3. The Hall–Kier alpha value is -2.37. The Bertz CT molecular complexity index is 600. The van der Waals surface area contributed by atoms with Gasteiger partial charge in [-0.2, -0.15) is 0 Å². The second-order valence-electron chi connectivity index (χ2n) is 3.80. The molecule has 0 spiro atoms. The van der Waals surface area contributed by atoms with Crippen molar-refractivity contribution in [1.29, 1.82) is 0 Å². The minimum absolute atomic E-state index is 0.0115. The Morgan fingerprint density at radius 2 is 2.00 bits per heavy atom. The zero-order chi connectivity index (χ0) is 13.8. The number of methoxy groups -OCH3 is 1. The summed E-state index contributed by atoms with van der Waals surface area (Å²) in [6.45, 7) is 0. The molecule has 0 unspecified atom stereocenters. The number of aromatic nitrogens is 2. The van der Waals surface area contributed by atoms with Gasteiger partial charge in [0.05, 0.1) is 7.11 Å². The van der Waals surface area contributed by atoms with Crippen LogP contribution >= 0.6 is 0 Å². The van der Waals surface area contributed by atoms with Crippen molar-refractivity contribution in [1.82, 2.24) is 10.2 Å². The molecule has 0 N–H and O–H groups in total. The summed E-state index contributed by atoms with van der Waals surface area (Å²) < 4.78 is 31.2. The molecule has 4 nitrogen and oxygen atoms in total. The lowest BCUT2D eigenvalue weighted by atomic mass is 10.1. The summed E-state index contributed by atoms with van der Waals surface area (Å²) >= 11 is 0. The summed E-state index contributed by atoms with van der Waals surface area (Å²) in [5, 5.41) is 7.30. The van der Waals surface area contributed by atoms with Crippen LogP contribution in [0.4, 0.5) is 8.78 Å². The third-order valence-corrected chi connectivity index (χ3v) is 2.49. The van der Waals surface area contributed by atoms with Crippen LogP contribution < -0.4 is 4.74 Å². The summed E-state index contributed by atoms with van der Waals surface area (Å²) in [6.07, 6.45) is -0.273. The first kappa shape index (κ1) is 13.1. The van der Waals surface area contributed by atoms with Gasteiger partial charge in [-0.1, -0.05) is 0 Å². The highest BCUT2D eigenvalue weighted by Gasteiger charge is 2.13. The van der Waals surface area contributed by atoms with Gasteiger partial charge in [0.25, 0.3) is 0 Å². The molecule has 98 valence electrons. The summed E-state index contributed by atoms with van der Waals surface area (Å²) in [5.74, 6) is -1.39. The zero-order valence-electron chi connectivity index (χ0n) is 10.1. The Morgan fingerprint density at radius 1 is 1.21 bits per heavy atom. The fraction of sp³-hybridized carbons (Fsp3) is 0.154. The van der Waals surface area contributed by atoms with Crippen LogP contribution in [0.5, 0.6) is 5.88 Å². The molecule has 0 bridgehead atoms. The third kappa shape index (κ3) is 3.09. The van der Waals surface area contributed by atoms with Gasteiger partial charge in [0, 0.05) is 12.5 Å². The number of carbonyl (C=O) groups is 1. The maximum absolute atomic E-state index is 13.4. The van der Waals surface area contributed by atoms with Crippen molar-refractivity contribution in [3.05, 3.63) is 53.2 Å². The quantitative estimate of drug-likeness (QED) is 0.794. The molecule has 1 aromatic heterocycles. The van der Waals surface area contributed by atoms with Crippen molar-refractivity contribution in [3.63, 3.8) is 0 Å². The molecule has 2 aromatic rings. The van der Waals surface area contributed by atoms with E-state index in [9.17, 15) is 13.6 Å². The van der Waals surface area contributed by atoms with Crippen molar-refractivity contribution in [2.45, 2.75) is 6.42 Å². The van der Waals surface area contributed by atoms with E-state index in [4.69, 9.17) is 4.74 Å². The van der Waals surface area contributed by atoms with Crippen molar-refractivity contribution in [2.75, 3.05) is 7.11 Å². The van der Waals surface area contributed by atoms with Crippen LogP contribution in [0, 0.1) is 11.6 Å². The fourth-order valence-electron chi connectivity index (χ4n) is 1.52. The average molecular weight is 264 g/mol. The predicted octanol–water partition coefficient (Wildman–Crippen LogP) is 2.19. The first-order chi connectivity index (χ1) is 9.10. The number of hydrogen-bond acceptors (Lipinski definition) is 4. The van der Waals surface area contributed by atoms with Gasteiger partial charge in [-0.05, 0) is 29.8 Å². The lowest BCUT2D eigenvalue weighted by Crippen LogP contribution is -2.09. The van der Waals surface area contributed by atoms with E-state index < -0.39 is 17.4 Å². The van der Waals surface area contributed by atoms with E-state index in [0.717, 1.165) is 18.2 Å². The first-order valence-corrected chi connectivity index (χ1v) is 5.45. The molecule has 0 radical (unpaired) electrons. The van der Waals surface area contributed by atoms with E-state index in [2.05, 4.69) is 10.2 Å². The van der Waals surface area contributed by atoms with Crippen molar-refractivity contribution < 1.29 is 18.3 Å². The van der Waals surface area contributed by atoms with Crippen LogP contribution in [0.25, 0.3) is 0 Å². The van der Waals surface area contributed by atoms with E-state index >= 15 is 0 Å². The molecule has 0 aliphatic heterocycles. The van der Waals surface area contributed by atoms with Crippen LogP contribution in [0.2, 0.25) is 0 Å². The molecule has 2 rings (SSSR count). The third-order valence-electron chi connectivity index (χ3n) is 2.49. The number of ketones is 1. The molecule has 0 saturated carbocycles. The van der Waals surface area contributed by atoms with Crippen molar-refractivity contribution in [3.8, 4) is 5.88 Å². The average Bonchev–Trinajstić information content (AvgIpc) is 2.43. The van der Waals surface area contributed by atoms with Crippen LogP contribution in [-0.2, 0) is 6.42 Å². The van der Waals surface area contributed by atoms with E-state index in [-0.39, 0.29) is 23.6 Å². The molecule has 19 heavy (non-hydrogen) atoms. The number of carbonyl (C=O) groups excluding carboxylic acids is 1. The SMILES string of the molecule is COc1ccc(C(=O)Cc2cc(F)ccc2F)nn1. The predicted molar refractivity (Wildman–Crippen MR) is 63.0 cm³/mol. The number of hydrogen-bond donors (Lipinski definition) is 0. The number of halogens is 2. The summed E-state index contributed by atoms with van der Waals surface area (Å²) in [4.78, 5) is 11.8. The van der Waals surface area contributed by atoms with Gasteiger partial charge < -0.3 is 4.74 Å². The van der Waals surface area contributed by atoms with Crippen molar-refractivity contribution >= 4 is 5.78 Å². The van der Waals surface area contributed by atoms with Crippen LogP contribution in [-0.4, -0.2) is 23.1 Å². The second-order valence-corrected chi connectivity index (χ2v) is 3.80. The highest BCUT2D eigenvalue weighted by Crippen LogP contribution is 2.13. The van der Waals surface area contributed by atoms with Gasteiger partial charge in [0.1, 0.15) is 17.3 Å². The lowest BCUT2D eigenvalue weighted by Gasteiger charge is -2.03. The molecular weight excluding hydrogens is 254 g/mol. The van der Waals surface area contributed by atoms with E-state index in [1.165, 1.54) is 19.2 Å². The molecule has 0 fully saturated rings. The second kappa shape index (κ2) is 5.51. The summed E-state index contributed by atoms with van der Waals surface area (Å²) in [7, 11) is 1.42. The number of Topliss-reactive ketones (excluding diaryl/α,β-unsaturated/α-hetero) is 1. The number of benzene rings is 1. The minimum atomic E-state index is -0.628. The van der Waals surface area contributed by atoms with Crippen molar-refractivity contribution in [2.24, 2.45) is 0 Å². The number of ether oxygens (including phenoxy) is 1. The Morgan fingerprint density at radius 3 is 2.63 bits per heavy atom. The number of rotatable bonds is 4. The molecule has 0 aliphatic carbocycles. The normalized spacial score (nSPS) is 10.3. The highest BCUT2D eigenvalue weighted by atomic mass is 19.1. The highest BCUT2D eigenvalue weighted by molar-refractivity contribution is 5.95. The lowest BCUT2D eigenvalue weighted by molar-refractivity contribution is 0.0986. The van der Waals surface area contributed by atoms with Crippen LogP contribution in [0.1, 0.15) is 16.1 Å². The van der Waals surface area contributed by atoms with E-state index in [1.807, 2.05) is 0 Å². The minimum Gasteiger partial charge on any atom is -0.480 e. The van der Waals surface area contributed by atoms with E-state index in [1.54, 1.807) is 0 Å². The molecule has 1 heterocycles. The Kier molecular flexibility index (Phi) is 3.79. The molecule has 1 aromatic carbocycles. The largest absolute Gasteiger partial charge is 0.480 e. The van der Waals surface area contributed by atoms with Gasteiger partial charge in [0.15, 0.2) is 5.78 Å².